The van der Waals surface area contributed by atoms with E-state index in [0.717, 1.165) is 25.9 Å². The van der Waals surface area contributed by atoms with Gasteiger partial charge in [0, 0.05) is 18.7 Å². The van der Waals surface area contributed by atoms with Crippen LogP contribution in [-0.4, -0.2) is 43.3 Å². The summed E-state index contributed by atoms with van der Waals surface area (Å²) < 4.78 is 28.9. The molecule has 7 heteroatoms. The topological polar surface area (TPSA) is 51.1 Å². The Morgan fingerprint density at radius 1 is 1.39 bits per heavy atom. The zero-order valence-electron chi connectivity index (χ0n) is 13.0. The predicted molar refractivity (Wildman–Crippen MR) is 81.6 cm³/mol. The summed E-state index contributed by atoms with van der Waals surface area (Å²) in [6, 6.07) is 6.22. The molecule has 1 amide bonds. The molecular weight excluding hydrogens is 306 g/mol. The van der Waals surface area contributed by atoms with Gasteiger partial charge in [-0.05, 0) is 30.9 Å². The maximum atomic E-state index is 12.3. The van der Waals surface area contributed by atoms with E-state index in [2.05, 4.69) is 16.8 Å². The number of hydrogen-bond acceptors (Lipinski definition) is 4. The van der Waals surface area contributed by atoms with Crippen LogP contribution in [0.5, 0.6) is 5.75 Å². The van der Waals surface area contributed by atoms with E-state index < -0.39 is 6.61 Å². The highest BCUT2D eigenvalue weighted by Gasteiger charge is 2.20. The number of hydrogen-bond donors (Lipinski definition) is 0. The van der Waals surface area contributed by atoms with E-state index in [0.29, 0.717) is 11.5 Å². The smallest absolute Gasteiger partial charge is 0.387 e. The first-order chi connectivity index (χ1) is 11.1. The second kappa shape index (κ2) is 8.45. The fraction of sp³-hybridized carbons (Fsp3) is 0.500. The summed E-state index contributed by atoms with van der Waals surface area (Å²) >= 11 is 0. The van der Waals surface area contributed by atoms with Crippen molar-refractivity contribution in [2.45, 2.75) is 26.4 Å². The van der Waals surface area contributed by atoms with Gasteiger partial charge in [0.1, 0.15) is 5.75 Å². The van der Waals surface area contributed by atoms with E-state index in [4.69, 9.17) is 4.84 Å². The summed E-state index contributed by atoms with van der Waals surface area (Å²) in [7, 11) is 0. The van der Waals surface area contributed by atoms with Gasteiger partial charge < -0.3 is 14.5 Å². The number of ether oxygens (including phenoxy) is 1. The van der Waals surface area contributed by atoms with Gasteiger partial charge in [-0.15, -0.1) is 0 Å². The maximum absolute atomic E-state index is 12.3. The highest BCUT2D eigenvalue weighted by molar-refractivity contribution is 5.83. The molecule has 0 unspecified atom stereocenters. The van der Waals surface area contributed by atoms with Crippen molar-refractivity contribution in [1.29, 1.82) is 0 Å². The molecule has 0 aromatic heterocycles. The van der Waals surface area contributed by atoms with Crippen LogP contribution in [0.3, 0.4) is 0 Å². The van der Waals surface area contributed by atoms with Crippen molar-refractivity contribution in [2.24, 2.45) is 11.1 Å². The highest BCUT2D eigenvalue weighted by atomic mass is 19.3. The molecule has 1 aliphatic heterocycles. The molecule has 0 atom stereocenters. The zero-order valence-corrected chi connectivity index (χ0v) is 13.0. The van der Waals surface area contributed by atoms with Crippen LogP contribution in [0.2, 0.25) is 0 Å². The van der Waals surface area contributed by atoms with Crippen LogP contribution in [0.4, 0.5) is 8.78 Å². The van der Waals surface area contributed by atoms with Crippen molar-refractivity contribution in [1.82, 2.24) is 4.90 Å². The Kier molecular flexibility index (Phi) is 6.31. The third kappa shape index (κ3) is 5.50. The van der Waals surface area contributed by atoms with Gasteiger partial charge in [0.25, 0.3) is 5.91 Å². The molecule has 2 rings (SSSR count). The minimum Gasteiger partial charge on any atom is -0.434 e. The fourth-order valence-electron chi connectivity index (χ4n) is 2.33. The van der Waals surface area contributed by atoms with Gasteiger partial charge in [-0.3, -0.25) is 4.79 Å². The van der Waals surface area contributed by atoms with Gasteiger partial charge in [-0.1, -0.05) is 24.2 Å². The van der Waals surface area contributed by atoms with Gasteiger partial charge in [-0.2, -0.15) is 8.78 Å². The number of amides is 1. The number of para-hydroxylation sites is 1. The van der Waals surface area contributed by atoms with Crippen LogP contribution in [-0.2, 0) is 9.63 Å². The summed E-state index contributed by atoms with van der Waals surface area (Å²) in [5.74, 6) is 0.529. The largest absolute Gasteiger partial charge is 0.434 e. The van der Waals surface area contributed by atoms with Crippen molar-refractivity contribution in [3.05, 3.63) is 29.8 Å². The first-order valence-electron chi connectivity index (χ1n) is 7.53. The summed E-state index contributed by atoms with van der Waals surface area (Å²) in [4.78, 5) is 18.7. The number of benzene rings is 1. The van der Waals surface area contributed by atoms with E-state index in [-0.39, 0.29) is 18.3 Å². The van der Waals surface area contributed by atoms with Gasteiger partial charge in [0.2, 0.25) is 0 Å². The number of oxime groups is 1. The number of carbonyl (C=O) groups is 1. The molecule has 0 bridgehead atoms. The molecule has 126 valence electrons. The monoisotopic (exact) mass is 326 g/mol. The lowest BCUT2D eigenvalue weighted by Crippen LogP contribution is -2.39. The molecule has 1 aromatic carbocycles. The highest BCUT2D eigenvalue weighted by Crippen LogP contribution is 2.18. The molecular formula is C16H20F2N2O3. The number of piperidine rings is 1. The molecule has 0 aliphatic carbocycles. The van der Waals surface area contributed by atoms with Crippen molar-refractivity contribution in [3.8, 4) is 5.75 Å². The van der Waals surface area contributed by atoms with E-state index in [9.17, 15) is 13.6 Å². The van der Waals surface area contributed by atoms with Crippen LogP contribution in [0.1, 0.15) is 25.3 Å². The minimum absolute atomic E-state index is 0.00574. The SMILES string of the molecule is CC1CCN(C(=O)CON=Cc2ccccc2OC(F)F)CC1. The van der Waals surface area contributed by atoms with Crippen LogP contribution < -0.4 is 4.74 Å². The summed E-state index contributed by atoms with van der Waals surface area (Å²) in [5, 5.41) is 3.66. The molecule has 0 radical (unpaired) electrons. The standard InChI is InChI=1S/C16H20F2N2O3/c1-12-6-8-20(9-7-12)15(21)11-22-19-10-13-4-2-3-5-14(13)23-16(17)18/h2-5,10,12,16H,6-9,11H2,1H3. The first-order valence-corrected chi connectivity index (χ1v) is 7.53. The Balaban J connectivity index is 1.82. The molecule has 23 heavy (non-hydrogen) atoms. The third-order valence-electron chi connectivity index (χ3n) is 3.73. The molecule has 1 fully saturated rings. The quantitative estimate of drug-likeness (QED) is 0.597. The van der Waals surface area contributed by atoms with Gasteiger partial charge in [0.05, 0.1) is 6.21 Å². The van der Waals surface area contributed by atoms with Gasteiger partial charge >= 0.3 is 6.61 Å². The molecule has 0 spiro atoms. The predicted octanol–water partition coefficient (Wildman–Crippen LogP) is 2.90. The van der Waals surface area contributed by atoms with Crippen molar-refractivity contribution in [2.75, 3.05) is 19.7 Å². The zero-order chi connectivity index (χ0) is 16.7. The molecule has 1 saturated heterocycles. The molecule has 1 aliphatic rings. The van der Waals surface area contributed by atoms with E-state index >= 15 is 0 Å². The second-order valence-corrected chi connectivity index (χ2v) is 5.49. The van der Waals surface area contributed by atoms with Crippen LogP contribution >= 0.6 is 0 Å². The van der Waals surface area contributed by atoms with Crippen LogP contribution in [0, 0.1) is 5.92 Å². The Morgan fingerprint density at radius 3 is 2.78 bits per heavy atom. The number of rotatable bonds is 6. The normalized spacial score (nSPS) is 16.1. The molecule has 0 saturated carbocycles. The van der Waals surface area contributed by atoms with Gasteiger partial charge in [0.15, 0.2) is 6.61 Å². The summed E-state index contributed by atoms with van der Waals surface area (Å²) in [6.45, 7) is 0.564. The number of alkyl halides is 2. The van der Waals surface area contributed by atoms with Crippen LogP contribution in [0.15, 0.2) is 29.4 Å². The maximum Gasteiger partial charge on any atom is 0.387 e. The third-order valence-corrected chi connectivity index (χ3v) is 3.73. The average molecular weight is 326 g/mol. The first kappa shape index (κ1) is 17.2. The number of likely N-dealkylation sites (tertiary alicyclic amines) is 1. The van der Waals surface area contributed by atoms with E-state index in [1.165, 1.54) is 12.3 Å². The minimum atomic E-state index is -2.91. The molecule has 0 N–H and O–H groups in total. The van der Waals surface area contributed by atoms with E-state index in [1.54, 1.807) is 23.1 Å². The fourth-order valence-corrected chi connectivity index (χ4v) is 2.33. The molecule has 5 nitrogen and oxygen atoms in total. The summed E-state index contributed by atoms with van der Waals surface area (Å²) in [5.41, 5.74) is 0.354. The number of nitrogens with zero attached hydrogens (tertiary/aromatic N) is 2. The Morgan fingerprint density at radius 2 is 2.09 bits per heavy atom. The second-order valence-electron chi connectivity index (χ2n) is 5.49. The van der Waals surface area contributed by atoms with Crippen LogP contribution in [0.25, 0.3) is 0 Å². The van der Waals surface area contributed by atoms with E-state index in [1.807, 2.05) is 0 Å². The van der Waals surface area contributed by atoms with Crippen molar-refractivity contribution < 1.29 is 23.1 Å². The lowest BCUT2D eigenvalue weighted by atomic mass is 9.99. The lowest BCUT2D eigenvalue weighted by Gasteiger charge is -2.29. The molecule has 1 heterocycles. The van der Waals surface area contributed by atoms with Crippen molar-refractivity contribution >= 4 is 12.1 Å². The average Bonchev–Trinajstić information content (AvgIpc) is 2.53. The summed E-state index contributed by atoms with van der Waals surface area (Å²) in [6.07, 6.45) is 3.24. The Bertz CT molecular complexity index is 544. The molecule has 1 aromatic rings. The number of halogens is 2. The van der Waals surface area contributed by atoms with Gasteiger partial charge in [-0.25, -0.2) is 0 Å². The van der Waals surface area contributed by atoms with Crippen molar-refractivity contribution in [3.63, 3.8) is 0 Å². The Hall–Kier alpha value is -2.18. The number of carbonyl (C=O) groups excluding carboxylic acids is 1. The Labute approximate surface area is 133 Å². The lowest BCUT2D eigenvalue weighted by molar-refractivity contribution is -0.137.